The molecule has 1 aliphatic rings. The molecule has 11 heteroatoms. The smallest absolute Gasteiger partial charge is 0.369 e. The van der Waals surface area contributed by atoms with E-state index in [-0.39, 0.29) is 17.6 Å². The van der Waals surface area contributed by atoms with Crippen LogP contribution in [0.15, 0.2) is 36.4 Å². The summed E-state index contributed by atoms with van der Waals surface area (Å²) < 4.78 is 42.0. The number of aryl methyl sites for hydroxylation is 1. The molecule has 0 spiro atoms. The van der Waals surface area contributed by atoms with E-state index in [2.05, 4.69) is 9.88 Å². The summed E-state index contributed by atoms with van der Waals surface area (Å²) in [5, 5.41) is 10.9. The standard InChI is InChI=1S/C28H36ClF3N4O3/c1-5-19-8-6-10-21(18-19)27(39,28(30,31)32)26(38)35(4)15-7-9-20-13-16-36(17-14-20)23-12-11-22(24(29)33-23)25(37)34(2)3/h6,8,10-12,18,20,39H,5,7,9,13-17H2,1-4H3/t27-/m0/s1. The molecule has 2 amide bonds. The van der Waals surface area contributed by atoms with Gasteiger partial charge in [-0.2, -0.15) is 13.2 Å². The molecule has 39 heavy (non-hydrogen) atoms. The zero-order valence-corrected chi connectivity index (χ0v) is 23.5. The Morgan fingerprint density at radius 2 is 1.79 bits per heavy atom. The monoisotopic (exact) mass is 568 g/mol. The number of alkyl halides is 3. The molecule has 1 fully saturated rings. The van der Waals surface area contributed by atoms with Crippen molar-refractivity contribution in [1.29, 1.82) is 0 Å². The number of halogens is 4. The number of anilines is 1. The molecule has 7 nitrogen and oxygen atoms in total. The van der Waals surface area contributed by atoms with Crippen LogP contribution in [0, 0.1) is 5.92 Å². The second kappa shape index (κ2) is 12.6. The van der Waals surface area contributed by atoms with Crippen LogP contribution in [0.4, 0.5) is 19.0 Å². The maximum absolute atomic E-state index is 14.0. The zero-order valence-electron chi connectivity index (χ0n) is 22.8. The highest BCUT2D eigenvalue weighted by Gasteiger charge is 2.61. The van der Waals surface area contributed by atoms with Crippen molar-refractivity contribution >= 4 is 29.2 Å². The fourth-order valence-corrected chi connectivity index (χ4v) is 5.10. The van der Waals surface area contributed by atoms with Crippen molar-refractivity contribution < 1.29 is 27.9 Å². The molecular weight excluding hydrogens is 533 g/mol. The van der Waals surface area contributed by atoms with Gasteiger partial charge in [0.1, 0.15) is 11.0 Å². The van der Waals surface area contributed by atoms with E-state index >= 15 is 0 Å². The minimum Gasteiger partial charge on any atom is -0.369 e. The van der Waals surface area contributed by atoms with Crippen LogP contribution >= 0.6 is 11.6 Å². The Bertz CT molecular complexity index is 1170. The van der Waals surface area contributed by atoms with Gasteiger partial charge in [-0.05, 0) is 55.7 Å². The second-order valence-corrected chi connectivity index (χ2v) is 10.6. The third-order valence-electron chi connectivity index (χ3n) is 7.33. The molecule has 0 aliphatic carbocycles. The topological polar surface area (TPSA) is 77.0 Å². The number of hydrogen-bond donors (Lipinski definition) is 1. The number of pyridine rings is 1. The molecule has 0 radical (unpaired) electrons. The Morgan fingerprint density at radius 3 is 2.36 bits per heavy atom. The first kappa shape index (κ1) is 30.7. The third-order valence-corrected chi connectivity index (χ3v) is 7.62. The van der Waals surface area contributed by atoms with Gasteiger partial charge in [0.2, 0.25) is 0 Å². The van der Waals surface area contributed by atoms with Crippen molar-refractivity contribution in [1.82, 2.24) is 14.8 Å². The van der Waals surface area contributed by atoms with E-state index in [4.69, 9.17) is 11.6 Å². The van der Waals surface area contributed by atoms with Crippen molar-refractivity contribution in [3.8, 4) is 0 Å². The fraction of sp³-hybridized carbons (Fsp3) is 0.536. The summed E-state index contributed by atoms with van der Waals surface area (Å²) in [7, 11) is 4.59. The van der Waals surface area contributed by atoms with Crippen LogP contribution in [0.1, 0.15) is 54.1 Å². The first-order valence-corrected chi connectivity index (χ1v) is 13.4. The number of nitrogens with zero attached hydrogens (tertiary/aromatic N) is 4. The third kappa shape index (κ3) is 6.84. The summed E-state index contributed by atoms with van der Waals surface area (Å²) in [4.78, 5) is 34.0. The average Bonchev–Trinajstić information content (AvgIpc) is 2.91. The molecule has 0 bridgehead atoms. The molecule has 1 atom stereocenters. The molecule has 3 rings (SSSR count). The molecule has 2 heterocycles. The van der Waals surface area contributed by atoms with Gasteiger partial charge in [-0.1, -0.05) is 42.8 Å². The number of piperidine rings is 1. The van der Waals surface area contributed by atoms with Crippen LogP contribution in [0.25, 0.3) is 0 Å². The van der Waals surface area contributed by atoms with Gasteiger partial charge in [-0.15, -0.1) is 0 Å². The highest BCUT2D eigenvalue weighted by Crippen LogP contribution is 2.41. The van der Waals surface area contributed by atoms with Crippen molar-refractivity contribution in [3.05, 3.63) is 58.2 Å². The molecule has 1 aromatic heterocycles. The maximum Gasteiger partial charge on any atom is 0.430 e. The van der Waals surface area contributed by atoms with E-state index in [1.54, 1.807) is 39.2 Å². The lowest BCUT2D eigenvalue weighted by Crippen LogP contribution is -2.55. The Balaban J connectivity index is 1.55. The predicted molar refractivity (Wildman–Crippen MR) is 145 cm³/mol. The average molecular weight is 569 g/mol. The van der Waals surface area contributed by atoms with E-state index in [0.29, 0.717) is 35.7 Å². The summed E-state index contributed by atoms with van der Waals surface area (Å²) in [6.07, 6.45) is -1.72. The highest BCUT2D eigenvalue weighted by atomic mass is 35.5. The van der Waals surface area contributed by atoms with E-state index < -0.39 is 23.2 Å². The number of rotatable bonds is 9. The molecule has 0 saturated carbocycles. The van der Waals surface area contributed by atoms with Gasteiger partial charge >= 0.3 is 6.18 Å². The number of benzene rings is 1. The van der Waals surface area contributed by atoms with Gasteiger partial charge in [-0.25, -0.2) is 4.98 Å². The van der Waals surface area contributed by atoms with Crippen LogP contribution < -0.4 is 4.90 Å². The summed E-state index contributed by atoms with van der Waals surface area (Å²) in [5.41, 5.74) is -3.12. The number of amides is 2. The largest absolute Gasteiger partial charge is 0.430 e. The number of hydrogen-bond acceptors (Lipinski definition) is 5. The lowest BCUT2D eigenvalue weighted by molar-refractivity contribution is -0.261. The normalized spacial score (nSPS) is 16.1. The summed E-state index contributed by atoms with van der Waals surface area (Å²) in [6.45, 7) is 3.35. The molecule has 1 aromatic carbocycles. The Labute approximate surface area is 232 Å². The van der Waals surface area contributed by atoms with Crippen molar-refractivity contribution in [2.75, 3.05) is 45.7 Å². The first-order valence-electron chi connectivity index (χ1n) is 13.1. The number of carbonyl (C=O) groups excluding carboxylic acids is 2. The quantitative estimate of drug-likeness (QED) is 0.435. The van der Waals surface area contributed by atoms with Crippen molar-refractivity contribution in [2.45, 2.75) is 50.8 Å². The zero-order chi connectivity index (χ0) is 29.0. The Hall–Kier alpha value is -2.85. The first-order chi connectivity index (χ1) is 18.3. The Morgan fingerprint density at radius 1 is 1.13 bits per heavy atom. The Kier molecular flexibility index (Phi) is 9.88. The van der Waals surface area contributed by atoms with Crippen LogP contribution in [-0.4, -0.2) is 78.7 Å². The van der Waals surface area contributed by atoms with Crippen molar-refractivity contribution in [2.24, 2.45) is 5.92 Å². The van der Waals surface area contributed by atoms with Crippen molar-refractivity contribution in [3.63, 3.8) is 0 Å². The second-order valence-electron chi connectivity index (χ2n) is 10.3. The summed E-state index contributed by atoms with van der Waals surface area (Å²) in [5.74, 6) is -0.559. The molecule has 1 aliphatic heterocycles. The van der Waals surface area contributed by atoms with Gasteiger partial charge in [-0.3, -0.25) is 9.59 Å². The molecule has 0 unspecified atom stereocenters. The van der Waals surface area contributed by atoms with Gasteiger partial charge in [0.05, 0.1) is 5.56 Å². The van der Waals surface area contributed by atoms with E-state index in [1.165, 1.54) is 24.1 Å². The summed E-state index contributed by atoms with van der Waals surface area (Å²) in [6, 6.07) is 8.91. The predicted octanol–water partition coefficient (Wildman–Crippen LogP) is 4.90. The van der Waals surface area contributed by atoms with Crippen LogP contribution in [0.5, 0.6) is 0 Å². The van der Waals surface area contributed by atoms with E-state index in [1.807, 2.05) is 0 Å². The maximum atomic E-state index is 14.0. The minimum atomic E-state index is -5.16. The van der Waals surface area contributed by atoms with Gasteiger partial charge < -0.3 is 19.8 Å². The number of likely N-dealkylation sites (N-methyl/N-ethyl adjacent to an activating group) is 1. The number of aliphatic hydroxyl groups is 1. The van der Waals surface area contributed by atoms with Crippen LogP contribution in [0.2, 0.25) is 5.15 Å². The molecular formula is C28H36ClF3N4O3. The number of aromatic nitrogens is 1. The molecule has 1 saturated heterocycles. The molecule has 1 N–H and O–H groups in total. The SMILES string of the molecule is CCc1cccc([C@](O)(C(=O)N(C)CCCC2CCN(c3ccc(C(=O)N(C)C)c(Cl)n3)CC2)C(F)(F)F)c1. The van der Waals surface area contributed by atoms with Gasteiger partial charge in [0.25, 0.3) is 17.4 Å². The highest BCUT2D eigenvalue weighted by molar-refractivity contribution is 6.32. The lowest BCUT2D eigenvalue weighted by Gasteiger charge is -2.35. The van der Waals surface area contributed by atoms with Crippen LogP contribution in [0.3, 0.4) is 0 Å². The van der Waals surface area contributed by atoms with E-state index in [0.717, 1.165) is 43.3 Å². The summed E-state index contributed by atoms with van der Waals surface area (Å²) >= 11 is 6.25. The number of carbonyl (C=O) groups is 2. The van der Waals surface area contributed by atoms with Crippen LogP contribution in [-0.2, 0) is 16.8 Å². The van der Waals surface area contributed by atoms with Gasteiger partial charge in [0.15, 0.2) is 0 Å². The molecule has 2 aromatic rings. The minimum absolute atomic E-state index is 0.101. The fourth-order valence-electron chi connectivity index (χ4n) is 4.87. The lowest BCUT2D eigenvalue weighted by atomic mass is 9.89. The molecule has 214 valence electrons. The van der Waals surface area contributed by atoms with E-state index in [9.17, 15) is 27.9 Å². The van der Waals surface area contributed by atoms with Gasteiger partial charge in [0, 0.05) is 46.3 Å².